The van der Waals surface area contributed by atoms with E-state index in [2.05, 4.69) is 46.9 Å². The van der Waals surface area contributed by atoms with Crippen molar-refractivity contribution in [2.75, 3.05) is 19.1 Å². The Morgan fingerprint density at radius 1 is 1.10 bits per heavy atom. The van der Waals surface area contributed by atoms with Crippen molar-refractivity contribution in [3.05, 3.63) is 45.6 Å². The quantitative estimate of drug-likeness (QED) is 0.823. The number of nitrogens with zero attached hydrogens (tertiary/aromatic N) is 2. The Bertz CT molecular complexity index is 641. The van der Waals surface area contributed by atoms with Gasteiger partial charge in [0.1, 0.15) is 11.6 Å². The van der Waals surface area contributed by atoms with Crippen molar-refractivity contribution in [2.24, 2.45) is 0 Å². The molecule has 0 spiro atoms. The fourth-order valence-corrected chi connectivity index (χ4v) is 2.26. The number of anilines is 2. The first kappa shape index (κ1) is 14.9. The molecule has 0 N–H and O–H groups in total. The highest BCUT2D eigenvalue weighted by molar-refractivity contribution is 9.10. The van der Waals surface area contributed by atoms with E-state index in [-0.39, 0.29) is 0 Å². The van der Waals surface area contributed by atoms with Crippen LogP contribution in [-0.2, 0) is 0 Å². The largest absolute Gasteiger partial charge is 0.495 e. The summed E-state index contributed by atoms with van der Waals surface area (Å²) >= 11 is 3.48. The number of aromatic nitrogens is 1. The fraction of sp³-hybridized carbons (Fsp3) is 0.312. The standard InChI is InChI=1S/C16H19BrN2O/c1-10-8-14(15(20-5)9-11(10)2)19(4)16-7-6-13(17)12(3)18-16/h6-9H,1-5H3. The molecule has 0 fully saturated rings. The Labute approximate surface area is 128 Å². The second-order valence-electron chi connectivity index (χ2n) is 4.90. The molecule has 20 heavy (non-hydrogen) atoms. The molecule has 0 saturated carbocycles. The van der Waals surface area contributed by atoms with Crippen molar-refractivity contribution in [2.45, 2.75) is 20.8 Å². The van der Waals surface area contributed by atoms with E-state index in [9.17, 15) is 0 Å². The highest BCUT2D eigenvalue weighted by Gasteiger charge is 2.13. The number of aryl methyl sites for hydroxylation is 3. The Hall–Kier alpha value is -1.55. The zero-order valence-corrected chi connectivity index (χ0v) is 14.1. The number of methoxy groups -OCH3 is 1. The van der Waals surface area contributed by atoms with Gasteiger partial charge in [0.25, 0.3) is 0 Å². The van der Waals surface area contributed by atoms with Crippen LogP contribution in [0.4, 0.5) is 11.5 Å². The molecule has 0 amide bonds. The lowest BCUT2D eigenvalue weighted by Crippen LogP contribution is -2.13. The van der Waals surface area contributed by atoms with E-state index in [1.54, 1.807) is 7.11 Å². The number of halogens is 1. The molecule has 106 valence electrons. The number of benzene rings is 1. The summed E-state index contributed by atoms with van der Waals surface area (Å²) in [5.41, 5.74) is 4.45. The average molecular weight is 335 g/mol. The van der Waals surface area contributed by atoms with Gasteiger partial charge in [0.2, 0.25) is 0 Å². The molecule has 2 rings (SSSR count). The summed E-state index contributed by atoms with van der Waals surface area (Å²) in [5.74, 6) is 1.75. The zero-order chi connectivity index (χ0) is 14.9. The van der Waals surface area contributed by atoms with Gasteiger partial charge in [-0.1, -0.05) is 0 Å². The van der Waals surface area contributed by atoms with Gasteiger partial charge in [-0.25, -0.2) is 4.98 Å². The molecule has 0 atom stereocenters. The molecule has 0 saturated heterocycles. The molecule has 0 bridgehead atoms. The van der Waals surface area contributed by atoms with E-state index in [0.29, 0.717) is 0 Å². The molecule has 2 aromatic rings. The topological polar surface area (TPSA) is 25.4 Å². The summed E-state index contributed by atoms with van der Waals surface area (Å²) in [5, 5.41) is 0. The second kappa shape index (κ2) is 5.83. The van der Waals surface area contributed by atoms with Crippen molar-refractivity contribution >= 4 is 27.4 Å². The van der Waals surface area contributed by atoms with Crippen LogP contribution in [0.3, 0.4) is 0 Å². The molecule has 1 aromatic carbocycles. The number of hydrogen-bond donors (Lipinski definition) is 0. The molecule has 0 aliphatic rings. The minimum Gasteiger partial charge on any atom is -0.495 e. The Balaban J connectivity index is 2.49. The highest BCUT2D eigenvalue weighted by Crippen LogP contribution is 2.34. The zero-order valence-electron chi connectivity index (χ0n) is 12.5. The van der Waals surface area contributed by atoms with Gasteiger partial charge >= 0.3 is 0 Å². The third-order valence-electron chi connectivity index (χ3n) is 3.51. The fourth-order valence-electron chi connectivity index (χ4n) is 2.04. The maximum atomic E-state index is 5.50. The van der Waals surface area contributed by atoms with Gasteiger partial charge in [-0.2, -0.15) is 0 Å². The van der Waals surface area contributed by atoms with Crippen molar-refractivity contribution in [3.8, 4) is 5.75 Å². The first-order chi connectivity index (χ1) is 9.43. The van der Waals surface area contributed by atoms with Crippen LogP contribution in [0.15, 0.2) is 28.7 Å². The van der Waals surface area contributed by atoms with Gasteiger partial charge in [0, 0.05) is 11.5 Å². The minimum atomic E-state index is 0.859. The molecule has 0 unspecified atom stereocenters. The highest BCUT2D eigenvalue weighted by atomic mass is 79.9. The van der Waals surface area contributed by atoms with Crippen molar-refractivity contribution in [1.82, 2.24) is 4.98 Å². The summed E-state index contributed by atoms with van der Waals surface area (Å²) in [6.45, 7) is 6.18. The summed E-state index contributed by atoms with van der Waals surface area (Å²) in [6.07, 6.45) is 0. The molecule has 3 nitrogen and oxygen atoms in total. The van der Waals surface area contributed by atoms with E-state index in [1.165, 1.54) is 11.1 Å². The van der Waals surface area contributed by atoms with E-state index < -0.39 is 0 Å². The van der Waals surface area contributed by atoms with E-state index in [1.807, 2.05) is 31.0 Å². The minimum absolute atomic E-state index is 0.859. The van der Waals surface area contributed by atoms with Crippen molar-refractivity contribution in [3.63, 3.8) is 0 Å². The van der Waals surface area contributed by atoms with Crippen LogP contribution in [0.2, 0.25) is 0 Å². The SMILES string of the molecule is COc1cc(C)c(C)cc1N(C)c1ccc(Br)c(C)n1. The molecule has 4 heteroatoms. The van der Waals surface area contributed by atoms with Crippen LogP contribution in [-0.4, -0.2) is 19.1 Å². The van der Waals surface area contributed by atoms with Crippen LogP contribution < -0.4 is 9.64 Å². The normalized spacial score (nSPS) is 10.5. The Morgan fingerprint density at radius 2 is 1.75 bits per heavy atom. The molecule has 0 radical (unpaired) electrons. The smallest absolute Gasteiger partial charge is 0.142 e. The average Bonchev–Trinajstić information content (AvgIpc) is 2.43. The molecule has 0 aliphatic carbocycles. The second-order valence-corrected chi connectivity index (χ2v) is 5.76. The lowest BCUT2D eigenvalue weighted by atomic mass is 10.1. The Kier molecular flexibility index (Phi) is 4.33. The number of hydrogen-bond acceptors (Lipinski definition) is 3. The third kappa shape index (κ3) is 2.80. The maximum Gasteiger partial charge on any atom is 0.142 e. The number of ether oxygens (including phenoxy) is 1. The molecule has 1 heterocycles. The predicted molar refractivity (Wildman–Crippen MR) is 87.2 cm³/mol. The summed E-state index contributed by atoms with van der Waals surface area (Å²) in [4.78, 5) is 6.65. The predicted octanol–water partition coefficient (Wildman–Crippen LogP) is 4.55. The van der Waals surface area contributed by atoms with Crippen molar-refractivity contribution in [1.29, 1.82) is 0 Å². The van der Waals surface area contributed by atoms with Gasteiger partial charge in [0.15, 0.2) is 0 Å². The Morgan fingerprint density at radius 3 is 2.35 bits per heavy atom. The molecular weight excluding hydrogens is 316 g/mol. The molecule has 1 aromatic heterocycles. The third-order valence-corrected chi connectivity index (χ3v) is 4.34. The van der Waals surface area contributed by atoms with Crippen LogP contribution in [0.25, 0.3) is 0 Å². The van der Waals surface area contributed by atoms with E-state index >= 15 is 0 Å². The lowest BCUT2D eigenvalue weighted by Gasteiger charge is -2.22. The van der Waals surface area contributed by atoms with Crippen LogP contribution in [0.5, 0.6) is 5.75 Å². The van der Waals surface area contributed by atoms with E-state index in [4.69, 9.17) is 4.74 Å². The molecule has 0 aliphatic heterocycles. The van der Waals surface area contributed by atoms with Gasteiger partial charge in [-0.15, -0.1) is 0 Å². The van der Waals surface area contributed by atoms with Crippen molar-refractivity contribution < 1.29 is 4.74 Å². The maximum absolute atomic E-state index is 5.50. The summed E-state index contributed by atoms with van der Waals surface area (Å²) in [7, 11) is 3.70. The van der Waals surface area contributed by atoms with E-state index in [0.717, 1.165) is 27.4 Å². The van der Waals surface area contributed by atoms with Gasteiger partial charge < -0.3 is 9.64 Å². The summed E-state index contributed by atoms with van der Waals surface area (Å²) in [6, 6.07) is 8.20. The number of pyridine rings is 1. The van der Waals surface area contributed by atoms with Gasteiger partial charge in [0.05, 0.1) is 18.5 Å². The number of rotatable bonds is 3. The molecular formula is C16H19BrN2O. The van der Waals surface area contributed by atoms with Crippen LogP contribution in [0, 0.1) is 20.8 Å². The lowest BCUT2D eigenvalue weighted by molar-refractivity contribution is 0.415. The van der Waals surface area contributed by atoms with Gasteiger partial charge in [-0.3, -0.25) is 0 Å². The summed E-state index contributed by atoms with van der Waals surface area (Å²) < 4.78 is 6.51. The first-order valence-electron chi connectivity index (χ1n) is 6.46. The monoisotopic (exact) mass is 334 g/mol. The van der Waals surface area contributed by atoms with Crippen LogP contribution >= 0.6 is 15.9 Å². The van der Waals surface area contributed by atoms with Gasteiger partial charge in [-0.05, 0) is 72.1 Å². The first-order valence-corrected chi connectivity index (χ1v) is 7.25. The van der Waals surface area contributed by atoms with Crippen LogP contribution in [0.1, 0.15) is 16.8 Å².